The van der Waals surface area contributed by atoms with Crippen molar-refractivity contribution in [1.29, 1.82) is 0 Å². The van der Waals surface area contributed by atoms with Gasteiger partial charge in [-0.1, -0.05) is 46.5 Å². The maximum absolute atomic E-state index is 11.9. The highest BCUT2D eigenvalue weighted by Crippen LogP contribution is 2.20. The number of hydrogen-bond donors (Lipinski definition) is 2. The first-order valence-electron chi connectivity index (χ1n) is 6.47. The first-order valence-corrected chi connectivity index (χ1v) is 6.47. The Morgan fingerprint density at radius 3 is 2.12 bits per heavy atom. The largest absolute Gasteiger partial charge is 0.352 e. The van der Waals surface area contributed by atoms with Gasteiger partial charge in [0.25, 0.3) is 0 Å². The minimum atomic E-state index is -0.407. The first-order chi connectivity index (χ1) is 7.41. The van der Waals surface area contributed by atoms with Gasteiger partial charge in [-0.25, -0.2) is 0 Å². The van der Waals surface area contributed by atoms with Crippen LogP contribution in [0.2, 0.25) is 0 Å². The van der Waals surface area contributed by atoms with Crippen LogP contribution in [-0.2, 0) is 4.79 Å². The number of carbonyl (C=O) groups is 1. The van der Waals surface area contributed by atoms with Crippen molar-refractivity contribution < 1.29 is 4.79 Å². The second kappa shape index (κ2) is 5.67. The van der Waals surface area contributed by atoms with Gasteiger partial charge in [0.05, 0.1) is 6.04 Å². The van der Waals surface area contributed by atoms with Crippen LogP contribution in [0.15, 0.2) is 0 Å². The van der Waals surface area contributed by atoms with Gasteiger partial charge in [-0.15, -0.1) is 0 Å². The second-order valence-corrected chi connectivity index (χ2v) is 6.04. The van der Waals surface area contributed by atoms with E-state index >= 15 is 0 Å². The van der Waals surface area contributed by atoms with Crippen molar-refractivity contribution in [2.75, 3.05) is 0 Å². The molecule has 0 bridgehead atoms. The fourth-order valence-corrected chi connectivity index (χ4v) is 2.11. The van der Waals surface area contributed by atoms with Crippen LogP contribution in [0.5, 0.6) is 0 Å². The van der Waals surface area contributed by atoms with E-state index in [4.69, 9.17) is 5.73 Å². The molecule has 0 aliphatic heterocycles. The number of nitrogens with one attached hydrogen (secondary N) is 1. The molecule has 0 heterocycles. The van der Waals surface area contributed by atoms with Gasteiger partial charge in [-0.3, -0.25) is 4.79 Å². The number of rotatable bonds is 2. The molecule has 1 saturated carbocycles. The average molecular weight is 226 g/mol. The Morgan fingerprint density at radius 2 is 1.69 bits per heavy atom. The molecule has 0 unspecified atom stereocenters. The van der Waals surface area contributed by atoms with Crippen molar-refractivity contribution in [2.24, 2.45) is 11.1 Å². The maximum atomic E-state index is 11.9. The van der Waals surface area contributed by atoms with E-state index in [-0.39, 0.29) is 11.3 Å². The van der Waals surface area contributed by atoms with E-state index in [1.807, 2.05) is 20.8 Å². The minimum absolute atomic E-state index is 0.0133. The van der Waals surface area contributed by atoms with Gasteiger partial charge in [-0.2, -0.15) is 0 Å². The molecule has 1 fully saturated rings. The van der Waals surface area contributed by atoms with Gasteiger partial charge in [0.15, 0.2) is 0 Å². The minimum Gasteiger partial charge on any atom is -0.352 e. The molecule has 0 aromatic rings. The van der Waals surface area contributed by atoms with E-state index in [2.05, 4.69) is 5.32 Å². The maximum Gasteiger partial charge on any atom is 0.237 e. The standard InChI is InChI=1S/C13H26N2O/c1-13(2,3)11(14)12(16)15-10-8-6-4-5-7-9-10/h10-11H,4-9,14H2,1-3H3,(H,15,16)/t11-/m1/s1. The van der Waals surface area contributed by atoms with Crippen LogP contribution >= 0.6 is 0 Å². The Bertz CT molecular complexity index is 225. The number of carbonyl (C=O) groups excluding carboxylic acids is 1. The zero-order valence-electron chi connectivity index (χ0n) is 10.9. The van der Waals surface area contributed by atoms with E-state index < -0.39 is 6.04 Å². The molecule has 3 heteroatoms. The molecule has 0 spiro atoms. The third-order valence-corrected chi connectivity index (χ3v) is 3.42. The molecule has 0 aromatic carbocycles. The number of amides is 1. The lowest BCUT2D eigenvalue weighted by Crippen LogP contribution is -2.51. The lowest BCUT2D eigenvalue weighted by molar-refractivity contribution is -0.125. The van der Waals surface area contributed by atoms with Crippen LogP contribution in [0.3, 0.4) is 0 Å². The predicted octanol–water partition coefficient (Wildman–Crippen LogP) is 2.20. The molecule has 1 atom stereocenters. The molecule has 16 heavy (non-hydrogen) atoms. The highest BCUT2D eigenvalue weighted by Gasteiger charge is 2.28. The Balaban J connectivity index is 2.43. The van der Waals surface area contributed by atoms with Crippen molar-refractivity contribution >= 4 is 5.91 Å². The topological polar surface area (TPSA) is 55.1 Å². The third kappa shape index (κ3) is 4.12. The quantitative estimate of drug-likeness (QED) is 0.709. The van der Waals surface area contributed by atoms with E-state index in [1.54, 1.807) is 0 Å². The van der Waals surface area contributed by atoms with Crippen molar-refractivity contribution in [1.82, 2.24) is 5.32 Å². The number of hydrogen-bond acceptors (Lipinski definition) is 2. The second-order valence-electron chi connectivity index (χ2n) is 6.04. The van der Waals surface area contributed by atoms with Gasteiger partial charge < -0.3 is 11.1 Å². The van der Waals surface area contributed by atoms with Gasteiger partial charge in [0, 0.05) is 6.04 Å². The van der Waals surface area contributed by atoms with Crippen molar-refractivity contribution in [3.8, 4) is 0 Å². The molecule has 3 nitrogen and oxygen atoms in total. The van der Waals surface area contributed by atoms with Gasteiger partial charge in [0.2, 0.25) is 5.91 Å². The lowest BCUT2D eigenvalue weighted by Gasteiger charge is -2.28. The van der Waals surface area contributed by atoms with E-state index in [9.17, 15) is 4.79 Å². The molecule has 1 rings (SSSR count). The summed E-state index contributed by atoms with van der Waals surface area (Å²) < 4.78 is 0. The summed E-state index contributed by atoms with van der Waals surface area (Å²) in [6.45, 7) is 6.01. The van der Waals surface area contributed by atoms with E-state index in [0.717, 1.165) is 12.8 Å². The highest BCUT2D eigenvalue weighted by molar-refractivity contribution is 5.82. The third-order valence-electron chi connectivity index (χ3n) is 3.42. The molecule has 94 valence electrons. The summed E-state index contributed by atoms with van der Waals surface area (Å²) in [5.74, 6) is 0.0133. The van der Waals surface area contributed by atoms with E-state index in [0.29, 0.717) is 6.04 Å². The van der Waals surface area contributed by atoms with Crippen LogP contribution in [0.4, 0.5) is 0 Å². The fourth-order valence-electron chi connectivity index (χ4n) is 2.11. The molecule has 0 radical (unpaired) electrons. The summed E-state index contributed by atoms with van der Waals surface area (Å²) in [7, 11) is 0. The summed E-state index contributed by atoms with van der Waals surface area (Å²) in [4.78, 5) is 11.9. The predicted molar refractivity (Wildman–Crippen MR) is 67.1 cm³/mol. The molecule has 1 aliphatic rings. The van der Waals surface area contributed by atoms with Crippen molar-refractivity contribution in [2.45, 2.75) is 71.4 Å². The summed E-state index contributed by atoms with van der Waals surface area (Å²) in [6.07, 6.45) is 7.30. The van der Waals surface area contributed by atoms with Crippen molar-refractivity contribution in [3.05, 3.63) is 0 Å². The molecular weight excluding hydrogens is 200 g/mol. The highest BCUT2D eigenvalue weighted by atomic mass is 16.2. The SMILES string of the molecule is CC(C)(C)[C@H](N)C(=O)NC1CCCCCC1. The summed E-state index contributed by atoms with van der Waals surface area (Å²) in [5, 5.41) is 3.10. The Kier molecular flexibility index (Phi) is 4.78. The lowest BCUT2D eigenvalue weighted by atomic mass is 9.86. The fraction of sp³-hybridized carbons (Fsp3) is 0.923. The summed E-state index contributed by atoms with van der Waals surface area (Å²) in [6, 6.07) is -0.0563. The molecule has 3 N–H and O–H groups in total. The Morgan fingerprint density at radius 1 is 1.19 bits per heavy atom. The van der Waals surface area contributed by atoms with Crippen LogP contribution in [0, 0.1) is 5.41 Å². The van der Waals surface area contributed by atoms with Gasteiger partial charge >= 0.3 is 0 Å². The molecule has 1 amide bonds. The smallest absolute Gasteiger partial charge is 0.237 e. The number of nitrogens with two attached hydrogens (primary N) is 1. The summed E-state index contributed by atoms with van der Waals surface area (Å²) in [5.41, 5.74) is 5.78. The molecule has 0 saturated heterocycles. The van der Waals surface area contributed by atoms with Crippen molar-refractivity contribution in [3.63, 3.8) is 0 Å². The molecule has 1 aliphatic carbocycles. The normalized spacial score (nSPS) is 21.2. The first kappa shape index (κ1) is 13.5. The van der Waals surface area contributed by atoms with Gasteiger partial charge in [-0.05, 0) is 18.3 Å². The molecular formula is C13H26N2O. The monoisotopic (exact) mass is 226 g/mol. The average Bonchev–Trinajstić information content (AvgIpc) is 2.43. The summed E-state index contributed by atoms with van der Waals surface area (Å²) >= 11 is 0. The zero-order valence-corrected chi connectivity index (χ0v) is 10.9. The van der Waals surface area contributed by atoms with Crippen LogP contribution in [0.1, 0.15) is 59.3 Å². The van der Waals surface area contributed by atoms with Crippen LogP contribution < -0.4 is 11.1 Å². The Labute approximate surface area is 99.2 Å². The Hall–Kier alpha value is -0.570. The van der Waals surface area contributed by atoms with E-state index in [1.165, 1.54) is 25.7 Å². The van der Waals surface area contributed by atoms with Crippen LogP contribution in [0.25, 0.3) is 0 Å². The molecule has 0 aromatic heterocycles. The van der Waals surface area contributed by atoms with Crippen LogP contribution in [-0.4, -0.2) is 18.0 Å². The van der Waals surface area contributed by atoms with Gasteiger partial charge in [0.1, 0.15) is 0 Å². The zero-order chi connectivity index (χ0) is 12.2.